The lowest BCUT2D eigenvalue weighted by Gasteiger charge is -2.02. The molecule has 0 radical (unpaired) electrons. The average molecular weight is 178 g/mol. The second-order valence-corrected chi connectivity index (χ2v) is 3.32. The standard InChI is InChI=1S/C10H14N2O/c1-2-3-7-4-5-9-8(6-7)10(11)12-13-9/h4-6,10,12H,2-3,11H2,1H3. The Hall–Kier alpha value is -1.06. The summed E-state index contributed by atoms with van der Waals surface area (Å²) in [6.45, 7) is 2.17. The molecule has 1 unspecified atom stereocenters. The van der Waals surface area contributed by atoms with E-state index in [0.717, 1.165) is 24.2 Å². The Morgan fingerprint density at radius 1 is 1.54 bits per heavy atom. The number of nitrogens with one attached hydrogen (secondary N) is 1. The molecule has 3 N–H and O–H groups in total. The Bertz CT molecular complexity index is 312. The molecule has 0 amide bonds. The van der Waals surface area contributed by atoms with Crippen molar-refractivity contribution in [2.75, 3.05) is 0 Å². The third-order valence-electron chi connectivity index (χ3n) is 2.24. The van der Waals surface area contributed by atoms with Crippen molar-refractivity contribution in [1.82, 2.24) is 5.48 Å². The van der Waals surface area contributed by atoms with E-state index in [1.165, 1.54) is 5.56 Å². The fourth-order valence-electron chi connectivity index (χ4n) is 1.57. The summed E-state index contributed by atoms with van der Waals surface area (Å²) in [5.41, 5.74) is 10.9. The highest BCUT2D eigenvalue weighted by Gasteiger charge is 2.19. The summed E-state index contributed by atoms with van der Waals surface area (Å²) < 4.78 is 0. The molecule has 70 valence electrons. The van der Waals surface area contributed by atoms with Crippen LogP contribution in [0.25, 0.3) is 0 Å². The van der Waals surface area contributed by atoms with Gasteiger partial charge in [0.2, 0.25) is 0 Å². The van der Waals surface area contributed by atoms with Crippen LogP contribution in [0.15, 0.2) is 18.2 Å². The molecule has 2 rings (SSSR count). The molecule has 3 heteroatoms. The van der Waals surface area contributed by atoms with E-state index in [1.807, 2.05) is 6.07 Å². The summed E-state index contributed by atoms with van der Waals surface area (Å²) in [6, 6.07) is 6.17. The van der Waals surface area contributed by atoms with E-state index in [9.17, 15) is 0 Å². The van der Waals surface area contributed by atoms with E-state index >= 15 is 0 Å². The molecule has 0 aromatic heterocycles. The highest BCUT2D eigenvalue weighted by Crippen LogP contribution is 2.28. The number of hydrogen-bond donors (Lipinski definition) is 2. The molecular weight excluding hydrogens is 164 g/mol. The maximum absolute atomic E-state index is 5.78. The maximum Gasteiger partial charge on any atom is 0.153 e. The lowest BCUT2D eigenvalue weighted by Crippen LogP contribution is -2.24. The van der Waals surface area contributed by atoms with E-state index < -0.39 is 0 Å². The van der Waals surface area contributed by atoms with E-state index in [2.05, 4.69) is 24.5 Å². The normalized spacial score (nSPS) is 19.7. The molecule has 1 aliphatic heterocycles. The first-order valence-corrected chi connectivity index (χ1v) is 4.62. The molecular formula is C10H14N2O. The quantitative estimate of drug-likeness (QED) is 0.721. The van der Waals surface area contributed by atoms with Crippen molar-refractivity contribution >= 4 is 0 Å². The zero-order chi connectivity index (χ0) is 9.26. The number of fused-ring (bicyclic) bond motifs is 1. The minimum atomic E-state index is -0.174. The van der Waals surface area contributed by atoms with Gasteiger partial charge in [0, 0.05) is 5.56 Å². The van der Waals surface area contributed by atoms with Crippen molar-refractivity contribution in [1.29, 1.82) is 0 Å². The zero-order valence-corrected chi connectivity index (χ0v) is 7.71. The molecule has 0 saturated heterocycles. The van der Waals surface area contributed by atoms with Crippen LogP contribution in [0.4, 0.5) is 0 Å². The lowest BCUT2D eigenvalue weighted by molar-refractivity contribution is 0.196. The van der Waals surface area contributed by atoms with Gasteiger partial charge in [-0.2, -0.15) is 0 Å². The molecule has 0 saturated carbocycles. The van der Waals surface area contributed by atoms with Gasteiger partial charge in [-0.3, -0.25) is 0 Å². The van der Waals surface area contributed by atoms with E-state index in [4.69, 9.17) is 10.6 Å². The van der Waals surface area contributed by atoms with Crippen molar-refractivity contribution in [2.45, 2.75) is 25.9 Å². The van der Waals surface area contributed by atoms with Crippen LogP contribution in [0.5, 0.6) is 5.75 Å². The highest BCUT2D eigenvalue weighted by atomic mass is 16.7. The van der Waals surface area contributed by atoms with Crippen LogP contribution in [0, 0.1) is 0 Å². The van der Waals surface area contributed by atoms with Crippen LogP contribution < -0.4 is 16.1 Å². The smallest absolute Gasteiger partial charge is 0.153 e. The second-order valence-electron chi connectivity index (χ2n) is 3.32. The van der Waals surface area contributed by atoms with Gasteiger partial charge in [0.1, 0.15) is 6.17 Å². The second kappa shape index (κ2) is 3.36. The molecule has 13 heavy (non-hydrogen) atoms. The largest absolute Gasteiger partial charge is 0.406 e. The molecule has 1 aliphatic rings. The zero-order valence-electron chi connectivity index (χ0n) is 7.71. The van der Waals surface area contributed by atoms with Crippen LogP contribution >= 0.6 is 0 Å². The molecule has 3 nitrogen and oxygen atoms in total. The lowest BCUT2D eigenvalue weighted by atomic mass is 10.1. The van der Waals surface area contributed by atoms with Gasteiger partial charge in [-0.05, 0) is 24.1 Å². The molecule has 1 aromatic carbocycles. The van der Waals surface area contributed by atoms with E-state index in [-0.39, 0.29) is 6.17 Å². The third kappa shape index (κ3) is 1.53. The molecule has 1 heterocycles. The molecule has 0 spiro atoms. The van der Waals surface area contributed by atoms with E-state index in [0.29, 0.717) is 0 Å². The summed E-state index contributed by atoms with van der Waals surface area (Å²) in [6.07, 6.45) is 2.08. The number of nitrogens with two attached hydrogens (primary N) is 1. The summed E-state index contributed by atoms with van der Waals surface area (Å²) in [5.74, 6) is 0.854. The minimum absolute atomic E-state index is 0.174. The van der Waals surface area contributed by atoms with Crippen molar-refractivity contribution < 1.29 is 4.84 Å². The Labute approximate surface area is 77.8 Å². The summed E-state index contributed by atoms with van der Waals surface area (Å²) >= 11 is 0. The predicted molar refractivity (Wildman–Crippen MR) is 51.1 cm³/mol. The monoisotopic (exact) mass is 178 g/mol. The predicted octanol–water partition coefficient (Wildman–Crippen LogP) is 1.49. The van der Waals surface area contributed by atoms with E-state index in [1.54, 1.807) is 0 Å². The van der Waals surface area contributed by atoms with Crippen LogP contribution in [-0.2, 0) is 6.42 Å². The number of hydroxylamine groups is 1. The first kappa shape index (κ1) is 8.53. The molecule has 0 fully saturated rings. The summed E-state index contributed by atoms with van der Waals surface area (Å²) in [5, 5.41) is 0. The van der Waals surface area contributed by atoms with Crippen molar-refractivity contribution in [2.24, 2.45) is 5.73 Å². The SMILES string of the molecule is CCCc1ccc2c(c1)C(N)NO2. The molecule has 0 aliphatic carbocycles. The number of aryl methyl sites for hydroxylation is 1. The molecule has 0 bridgehead atoms. The molecule has 1 atom stereocenters. The first-order chi connectivity index (χ1) is 6.31. The minimum Gasteiger partial charge on any atom is -0.406 e. The Morgan fingerprint density at radius 2 is 2.38 bits per heavy atom. The van der Waals surface area contributed by atoms with Gasteiger partial charge in [-0.1, -0.05) is 19.4 Å². The Kier molecular flexibility index (Phi) is 2.20. The van der Waals surface area contributed by atoms with Crippen molar-refractivity contribution in [3.63, 3.8) is 0 Å². The van der Waals surface area contributed by atoms with Gasteiger partial charge >= 0.3 is 0 Å². The van der Waals surface area contributed by atoms with Gasteiger partial charge in [0.05, 0.1) is 0 Å². The van der Waals surface area contributed by atoms with Crippen LogP contribution in [0.1, 0.15) is 30.6 Å². The van der Waals surface area contributed by atoms with Crippen molar-refractivity contribution in [3.8, 4) is 5.75 Å². The summed E-state index contributed by atoms with van der Waals surface area (Å²) in [4.78, 5) is 5.17. The molecule has 1 aromatic rings. The highest BCUT2D eigenvalue weighted by molar-refractivity contribution is 5.40. The summed E-state index contributed by atoms with van der Waals surface area (Å²) in [7, 11) is 0. The van der Waals surface area contributed by atoms with Crippen molar-refractivity contribution in [3.05, 3.63) is 29.3 Å². The van der Waals surface area contributed by atoms with Gasteiger partial charge < -0.3 is 10.6 Å². The topological polar surface area (TPSA) is 47.3 Å². The van der Waals surface area contributed by atoms with Gasteiger partial charge in [0.15, 0.2) is 5.75 Å². The van der Waals surface area contributed by atoms with Gasteiger partial charge in [0.25, 0.3) is 0 Å². The Morgan fingerprint density at radius 3 is 3.15 bits per heavy atom. The van der Waals surface area contributed by atoms with Gasteiger partial charge in [-0.25, -0.2) is 0 Å². The van der Waals surface area contributed by atoms with Crippen LogP contribution in [0.2, 0.25) is 0 Å². The fraction of sp³-hybridized carbons (Fsp3) is 0.400. The number of benzene rings is 1. The van der Waals surface area contributed by atoms with Crippen LogP contribution in [0.3, 0.4) is 0 Å². The van der Waals surface area contributed by atoms with Crippen LogP contribution in [-0.4, -0.2) is 0 Å². The average Bonchev–Trinajstić information content (AvgIpc) is 2.49. The Balaban J connectivity index is 2.31. The van der Waals surface area contributed by atoms with Gasteiger partial charge in [-0.15, -0.1) is 5.48 Å². The third-order valence-corrected chi connectivity index (χ3v) is 2.24. The number of hydrogen-bond acceptors (Lipinski definition) is 3. The first-order valence-electron chi connectivity index (χ1n) is 4.62. The number of rotatable bonds is 2. The fourth-order valence-corrected chi connectivity index (χ4v) is 1.57. The maximum atomic E-state index is 5.78.